The van der Waals surface area contributed by atoms with Gasteiger partial charge in [0.05, 0.1) is 11.2 Å². The molecule has 7 nitrogen and oxygen atoms in total. The molecule has 4 atom stereocenters. The Kier molecular flexibility index (Phi) is 4.97. The van der Waals surface area contributed by atoms with Gasteiger partial charge in [0.15, 0.2) is 6.17 Å². The van der Waals surface area contributed by atoms with Crippen LogP contribution in [-0.2, 0) is 0 Å². The van der Waals surface area contributed by atoms with E-state index < -0.39 is 17.8 Å². The number of halogens is 1. The van der Waals surface area contributed by atoms with Crippen LogP contribution in [0.15, 0.2) is 53.5 Å². The van der Waals surface area contributed by atoms with Gasteiger partial charge in [0.1, 0.15) is 11.9 Å². The van der Waals surface area contributed by atoms with E-state index >= 15 is 4.39 Å². The van der Waals surface area contributed by atoms with Crippen LogP contribution in [-0.4, -0.2) is 56.1 Å². The van der Waals surface area contributed by atoms with Gasteiger partial charge in [0.2, 0.25) is 11.4 Å². The smallest absolute Gasteiger partial charge is 0.248 e. The van der Waals surface area contributed by atoms with Crippen LogP contribution >= 0.6 is 0 Å². The van der Waals surface area contributed by atoms with Crippen LogP contribution < -0.4 is 10.3 Å². The molecule has 0 radical (unpaired) electrons. The molecule has 0 spiro atoms. The molecule has 2 aliphatic heterocycles. The number of hydrogen-bond acceptors (Lipinski definition) is 6. The van der Waals surface area contributed by atoms with Gasteiger partial charge in [-0.25, -0.2) is 4.39 Å². The van der Waals surface area contributed by atoms with Crippen LogP contribution in [0.5, 0.6) is 11.6 Å². The number of pyridine rings is 1. The van der Waals surface area contributed by atoms with Gasteiger partial charge in [-0.05, 0) is 62.2 Å². The van der Waals surface area contributed by atoms with Crippen LogP contribution in [0.3, 0.4) is 0 Å². The van der Waals surface area contributed by atoms with Gasteiger partial charge in [-0.3, -0.25) is 9.69 Å². The van der Waals surface area contributed by atoms with Crippen LogP contribution in [0.4, 0.5) is 4.39 Å². The third-order valence-corrected chi connectivity index (χ3v) is 7.06. The number of aromatic nitrogens is 3. The lowest BCUT2D eigenvalue weighted by Gasteiger charge is -2.45. The van der Waals surface area contributed by atoms with Crippen LogP contribution in [0.2, 0.25) is 0 Å². The molecule has 2 N–H and O–H groups in total. The number of nitrogens with one attached hydrogen (secondary N) is 1. The maximum absolute atomic E-state index is 15.2. The van der Waals surface area contributed by atoms with Crippen LogP contribution in [0.25, 0.3) is 22.4 Å². The van der Waals surface area contributed by atoms with Crippen LogP contribution in [0.1, 0.15) is 26.2 Å². The summed E-state index contributed by atoms with van der Waals surface area (Å²) in [4.78, 5) is 16.2. The summed E-state index contributed by atoms with van der Waals surface area (Å²) in [6.07, 6.45) is 2.34. The first-order valence-electron chi connectivity index (χ1n) is 10.7. The Bertz CT molecular complexity index is 1200. The summed E-state index contributed by atoms with van der Waals surface area (Å²) < 4.78 is 21.1. The predicted octanol–water partition coefficient (Wildman–Crippen LogP) is 3.55. The highest BCUT2D eigenvalue weighted by atomic mass is 19.1. The average Bonchev–Trinajstić information content (AvgIpc) is 3.00. The number of nitrogens with zero attached hydrogens (tertiary/aromatic N) is 3. The van der Waals surface area contributed by atoms with Crippen molar-refractivity contribution in [2.75, 3.05) is 7.05 Å². The Labute approximate surface area is 184 Å². The molecule has 0 aliphatic carbocycles. The standard InChI is InChI=1S/C24H25FN4O3/c1-24-9-7-16(29(24)2)13-20(23(24)25)32-22-6-5-18(27-28-22)17-4-3-14(11-19(17)30)15-8-10-26-21(31)12-15/h3-6,8,10-12,16,20,23,30H,7,9,13H2,1-2H3,(H,26,31)/t16?,20-,23+,24+/m0/s1. The summed E-state index contributed by atoms with van der Waals surface area (Å²) in [5.74, 6) is 0.294. The van der Waals surface area contributed by atoms with Crippen molar-refractivity contribution in [2.24, 2.45) is 0 Å². The Hall–Kier alpha value is -3.26. The second kappa shape index (κ2) is 7.70. The molecular weight excluding hydrogens is 411 g/mol. The minimum Gasteiger partial charge on any atom is -0.507 e. The maximum Gasteiger partial charge on any atom is 0.248 e. The van der Waals surface area contributed by atoms with Crippen molar-refractivity contribution in [3.8, 4) is 34.0 Å². The predicted molar refractivity (Wildman–Crippen MR) is 118 cm³/mol. The summed E-state index contributed by atoms with van der Waals surface area (Å²) in [5.41, 5.74) is 1.68. The number of phenols is 1. The van der Waals surface area contributed by atoms with Crippen molar-refractivity contribution < 1.29 is 14.2 Å². The molecule has 2 saturated heterocycles. The van der Waals surface area contributed by atoms with E-state index in [0.717, 1.165) is 12.8 Å². The number of aromatic hydroxyl groups is 1. The third kappa shape index (κ3) is 3.44. The van der Waals surface area contributed by atoms with Gasteiger partial charge < -0.3 is 14.8 Å². The number of hydrogen-bond donors (Lipinski definition) is 2. The fourth-order valence-electron chi connectivity index (χ4n) is 4.98. The lowest BCUT2D eigenvalue weighted by Crippen LogP contribution is -2.60. The summed E-state index contributed by atoms with van der Waals surface area (Å²) in [5, 5.41) is 18.8. The quantitative estimate of drug-likeness (QED) is 0.650. The molecule has 8 heteroatoms. The summed E-state index contributed by atoms with van der Waals surface area (Å²) in [7, 11) is 1.99. The van der Waals surface area contributed by atoms with E-state index in [9.17, 15) is 9.90 Å². The van der Waals surface area contributed by atoms with Crippen molar-refractivity contribution in [2.45, 2.75) is 50.0 Å². The second-order valence-electron chi connectivity index (χ2n) is 8.88. The van der Waals surface area contributed by atoms with Gasteiger partial charge in [0.25, 0.3) is 0 Å². The van der Waals surface area contributed by atoms with Gasteiger partial charge in [0, 0.05) is 36.4 Å². The molecule has 2 bridgehead atoms. The van der Waals surface area contributed by atoms with Crippen molar-refractivity contribution in [1.29, 1.82) is 0 Å². The molecule has 166 valence electrons. The fourth-order valence-corrected chi connectivity index (χ4v) is 4.98. The zero-order valence-corrected chi connectivity index (χ0v) is 18.0. The number of alkyl halides is 1. The maximum atomic E-state index is 15.2. The monoisotopic (exact) mass is 436 g/mol. The minimum atomic E-state index is -1.10. The van der Waals surface area contributed by atoms with E-state index in [0.29, 0.717) is 34.8 Å². The van der Waals surface area contributed by atoms with Crippen molar-refractivity contribution >= 4 is 0 Å². The molecule has 32 heavy (non-hydrogen) atoms. The zero-order chi connectivity index (χ0) is 22.5. The number of ether oxygens (including phenoxy) is 1. The molecule has 2 fully saturated rings. The Morgan fingerprint density at radius 1 is 1.19 bits per heavy atom. The number of piperidine rings is 1. The molecule has 4 heterocycles. The summed E-state index contributed by atoms with van der Waals surface area (Å²) in [6, 6.07) is 12.0. The highest BCUT2D eigenvalue weighted by Crippen LogP contribution is 2.45. The van der Waals surface area contributed by atoms with Crippen LogP contribution in [0, 0.1) is 0 Å². The van der Waals surface area contributed by atoms with Gasteiger partial charge in [-0.2, -0.15) is 0 Å². The second-order valence-corrected chi connectivity index (χ2v) is 8.88. The first-order chi connectivity index (χ1) is 15.3. The molecule has 1 unspecified atom stereocenters. The van der Waals surface area contributed by atoms with E-state index in [1.54, 1.807) is 42.6 Å². The van der Waals surface area contributed by atoms with Gasteiger partial charge in [-0.15, -0.1) is 10.2 Å². The fraction of sp³-hybridized carbons (Fsp3) is 0.375. The van der Waals surface area contributed by atoms with Gasteiger partial charge in [-0.1, -0.05) is 6.07 Å². The van der Waals surface area contributed by atoms with Crippen molar-refractivity contribution in [3.05, 3.63) is 59.0 Å². The molecule has 0 amide bonds. The number of H-pyrrole nitrogens is 1. The molecule has 1 aromatic carbocycles. The van der Waals surface area contributed by atoms with Gasteiger partial charge >= 0.3 is 0 Å². The minimum absolute atomic E-state index is 0.0226. The molecule has 3 aromatic rings. The van der Waals surface area contributed by atoms with Crippen molar-refractivity contribution in [1.82, 2.24) is 20.1 Å². The molecule has 2 aromatic heterocycles. The number of rotatable bonds is 4. The first kappa shape index (κ1) is 20.6. The molecular formula is C24H25FN4O3. The van der Waals surface area contributed by atoms with E-state index in [1.165, 1.54) is 6.07 Å². The number of phenolic OH excluding ortho intramolecular Hbond substituents is 1. The van der Waals surface area contributed by atoms with E-state index in [1.807, 2.05) is 14.0 Å². The Morgan fingerprint density at radius 3 is 2.72 bits per heavy atom. The average molecular weight is 436 g/mol. The van der Waals surface area contributed by atoms with E-state index in [-0.39, 0.29) is 17.2 Å². The third-order valence-electron chi connectivity index (χ3n) is 7.06. The normalized spacial score (nSPS) is 27.4. The zero-order valence-electron chi connectivity index (χ0n) is 18.0. The number of benzene rings is 1. The topological polar surface area (TPSA) is 91.3 Å². The van der Waals surface area contributed by atoms with E-state index in [4.69, 9.17) is 4.74 Å². The summed E-state index contributed by atoms with van der Waals surface area (Å²) >= 11 is 0. The molecule has 0 saturated carbocycles. The van der Waals surface area contributed by atoms with E-state index in [2.05, 4.69) is 20.1 Å². The molecule has 2 aliphatic rings. The van der Waals surface area contributed by atoms with Crippen molar-refractivity contribution in [3.63, 3.8) is 0 Å². The molecule has 5 rings (SSSR count). The summed E-state index contributed by atoms with van der Waals surface area (Å²) in [6.45, 7) is 1.96. The highest BCUT2D eigenvalue weighted by molar-refractivity contribution is 5.74. The Balaban J connectivity index is 1.33. The number of fused-ring (bicyclic) bond motifs is 2. The number of aromatic amines is 1. The highest BCUT2D eigenvalue weighted by Gasteiger charge is 2.55. The first-order valence-corrected chi connectivity index (χ1v) is 10.7. The largest absolute Gasteiger partial charge is 0.507 e. The Morgan fingerprint density at radius 2 is 2.00 bits per heavy atom. The SMILES string of the molecule is CN1C2CC[C@]1(C)[C@H](F)[C@@H](Oc1ccc(-c3ccc(-c4cc[nH]c(=O)c4)cc3O)nn1)C2. The lowest BCUT2D eigenvalue weighted by atomic mass is 9.87. The lowest BCUT2D eigenvalue weighted by molar-refractivity contribution is -0.0596.